The monoisotopic (exact) mass is 471 g/mol. The van der Waals surface area contributed by atoms with Crippen molar-refractivity contribution >= 4 is 11.9 Å². The quantitative estimate of drug-likeness (QED) is 0.543. The number of likely N-dealkylation sites (tertiary alicyclic amines) is 1. The van der Waals surface area contributed by atoms with E-state index in [0.717, 1.165) is 44.9 Å². The Morgan fingerprint density at radius 3 is 2.38 bits per heavy atom. The van der Waals surface area contributed by atoms with Crippen molar-refractivity contribution in [3.8, 4) is 6.07 Å². The van der Waals surface area contributed by atoms with Gasteiger partial charge in [0.05, 0.1) is 12.1 Å². The van der Waals surface area contributed by atoms with Crippen molar-refractivity contribution in [3.63, 3.8) is 0 Å². The van der Waals surface area contributed by atoms with Gasteiger partial charge >= 0.3 is 5.97 Å². The predicted molar refractivity (Wildman–Crippen MR) is 127 cm³/mol. The smallest absolute Gasteiger partial charge is 0.325 e. The zero-order valence-electron chi connectivity index (χ0n) is 21.3. The molecule has 3 N–H and O–H groups in total. The van der Waals surface area contributed by atoms with Crippen LogP contribution in [-0.4, -0.2) is 78.1 Å². The van der Waals surface area contributed by atoms with Crippen molar-refractivity contribution < 1.29 is 14.3 Å². The van der Waals surface area contributed by atoms with Gasteiger partial charge in [-0.1, -0.05) is 0 Å². The second kappa shape index (κ2) is 7.91. The van der Waals surface area contributed by atoms with Gasteiger partial charge in [-0.3, -0.25) is 14.5 Å². The van der Waals surface area contributed by atoms with E-state index in [1.807, 2.05) is 44.8 Å². The summed E-state index contributed by atoms with van der Waals surface area (Å²) in [4.78, 5) is 31.0. The average Bonchev–Trinajstić information content (AvgIpc) is 3.40. The van der Waals surface area contributed by atoms with Gasteiger partial charge in [0, 0.05) is 11.6 Å². The number of hydrogen-bond acceptors (Lipinski definition) is 7. The van der Waals surface area contributed by atoms with Crippen LogP contribution in [0.1, 0.15) is 65.2 Å². The van der Waals surface area contributed by atoms with Crippen LogP contribution < -0.4 is 11.1 Å². The fourth-order valence-electron chi connectivity index (χ4n) is 8.60. The molecular weight excluding hydrogens is 430 g/mol. The minimum Gasteiger partial charge on any atom is -0.458 e. The summed E-state index contributed by atoms with van der Waals surface area (Å²) in [5.74, 6) is 1.08. The lowest BCUT2D eigenvalue weighted by molar-refractivity contribution is -0.210. The highest BCUT2D eigenvalue weighted by Gasteiger charge is 2.64. The molecule has 0 radical (unpaired) electrons. The highest BCUT2D eigenvalue weighted by Crippen LogP contribution is 2.64. The largest absolute Gasteiger partial charge is 0.458 e. The predicted octanol–water partition coefficient (Wildman–Crippen LogP) is 1.64. The third-order valence-corrected chi connectivity index (χ3v) is 9.87. The van der Waals surface area contributed by atoms with Crippen LogP contribution in [0.3, 0.4) is 0 Å². The second-order valence-corrected chi connectivity index (χ2v) is 12.9. The molecule has 0 aromatic rings. The van der Waals surface area contributed by atoms with Gasteiger partial charge in [-0.05, 0) is 110 Å². The number of esters is 1. The summed E-state index contributed by atoms with van der Waals surface area (Å²) in [6.45, 7) is 4.03. The number of nitrogens with two attached hydrogens (primary N) is 1. The summed E-state index contributed by atoms with van der Waals surface area (Å²) in [6, 6.07) is 1.13. The Balaban J connectivity index is 1.38. The zero-order valence-corrected chi connectivity index (χ0v) is 21.3. The maximum atomic E-state index is 13.7. The summed E-state index contributed by atoms with van der Waals surface area (Å²) in [5.41, 5.74) is 5.48. The summed E-state index contributed by atoms with van der Waals surface area (Å²) in [6.07, 6.45) is 7.17. The Morgan fingerprint density at radius 1 is 1.18 bits per heavy atom. The molecule has 8 nitrogen and oxygen atoms in total. The van der Waals surface area contributed by atoms with Crippen LogP contribution >= 0.6 is 0 Å². The standard InChI is InChI=1S/C26H41N5O3/c1-24(2,29-3)21(30(4)5)23(33)34-26-11-15-6-16(12-26)10-25(9-15,14-26)20(28)22(32)31-18(13-27)7-17-8-19(17)31/h15-21,29H,6-12,14,28H2,1-5H3. The van der Waals surface area contributed by atoms with E-state index in [0.29, 0.717) is 24.2 Å². The topological polar surface area (TPSA) is 112 Å². The number of carbonyl (C=O) groups is 2. The van der Waals surface area contributed by atoms with Gasteiger partial charge in [0.1, 0.15) is 17.7 Å². The summed E-state index contributed by atoms with van der Waals surface area (Å²) < 4.78 is 6.46. The highest BCUT2D eigenvalue weighted by atomic mass is 16.6. The number of nitriles is 1. The molecule has 7 unspecified atom stereocenters. The van der Waals surface area contributed by atoms with Crippen molar-refractivity contribution in [2.24, 2.45) is 28.9 Å². The van der Waals surface area contributed by atoms with Gasteiger partial charge in [-0.25, -0.2) is 0 Å². The van der Waals surface area contributed by atoms with Gasteiger partial charge in [0.2, 0.25) is 5.91 Å². The Morgan fingerprint density at radius 2 is 1.82 bits per heavy atom. The Bertz CT molecular complexity index is 897. The molecule has 5 aliphatic carbocycles. The molecule has 34 heavy (non-hydrogen) atoms. The van der Waals surface area contributed by atoms with E-state index in [2.05, 4.69) is 11.4 Å². The normalized spacial score (nSPS) is 41.7. The molecule has 0 spiro atoms. The Kier molecular flexibility index (Phi) is 5.59. The first kappa shape index (κ1) is 24.0. The van der Waals surface area contributed by atoms with E-state index in [9.17, 15) is 14.9 Å². The molecule has 6 fully saturated rings. The van der Waals surface area contributed by atoms with Gasteiger partial charge in [0.15, 0.2) is 0 Å². The number of likely N-dealkylation sites (N-methyl/N-ethyl adjacent to an activating group) is 2. The number of amides is 1. The van der Waals surface area contributed by atoms with E-state index in [1.165, 1.54) is 0 Å². The first-order chi connectivity index (χ1) is 15.9. The average molecular weight is 472 g/mol. The van der Waals surface area contributed by atoms with E-state index < -0.39 is 23.2 Å². The van der Waals surface area contributed by atoms with Crippen LogP contribution in [0.2, 0.25) is 0 Å². The lowest BCUT2D eigenvalue weighted by Gasteiger charge is -2.62. The molecule has 5 saturated carbocycles. The molecule has 0 aromatic heterocycles. The van der Waals surface area contributed by atoms with Crippen LogP contribution in [0, 0.1) is 34.5 Å². The molecule has 0 aromatic carbocycles. The molecule has 6 rings (SSSR count). The molecule has 1 aliphatic heterocycles. The van der Waals surface area contributed by atoms with Gasteiger partial charge < -0.3 is 20.7 Å². The molecule has 7 atom stereocenters. The van der Waals surface area contributed by atoms with E-state index in [-0.39, 0.29) is 29.4 Å². The van der Waals surface area contributed by atoms with Crippen LogP contribution in [0.25, 0.3) is 0 Å². The van der Waals surface area contributed by atoms with Crippen molar-refractivity contribution in [2.45, 2.75) is 101 Å². The first-order valence-electron chi connectivity index (χ1n) is 13.0. The van der Waals surface area contributed by atoms with E-state index >= 15 is 0 Å². The third-order valence-electron chi connectivity index (χ3n) is 9.87. The minimum atomic E-state index is -0.634. The number of nitrogens with zero attached hydrogens (tertiary/aromatic N) is 3. The summed E-state index contributed by atoms with van der Waals surface area (Å²) in [7, 11) is 5.69. The van der Waals surface area contributed by atoms with E-state index in [4.69, 9.17) is 10.5 Å². The zero-order chi connectivity index (χ0) is 24.6. The number of nitrogens with one attached hydrogen (secondary N) is 1. The number of ether oxygens (including phenoxy) is 1. The second-order valence-electron chi connectivity index (χ2n) is 12.9. The SMILES string of the molecule is CNC(C)(C)C(C(=O)OC12CC3CC(C1)CC(C(N)C(=O)N1C(C#N)CC4CC41)(C3)C2)N(C)C. The fraction of sp³-hybridized carbons (Fsp3) is 0.885. The first-order valence-corrected chi connectivity index (χ1v) is 13.0. The minimum absolute atomic E-state index is 0.0533. The maximum Gasteiger partial charge on any atom is 0.325 e. The number of piperidine rings is 1. The Hall–Kier alpha value is -1.69. The van der Waals surface area contributed by atoms with Gasteiger partial charge in [-0.2, -0.15) is 5.26 Å². The fourth-order valence-corrected chi connectivity index (χ4v) is 8.60. The van der Waals surface area contributed by atoms with Crippen molar-refractivity contribution in [1.82, 2.24) is 15.1 Å². The summed E-state index contributed by atoms with van der Waals surface area (Å²) >= 11 is 0. The van der Waals surface area contributed by atoms with Crippen molar-refractivity contribution in [3.05, 3.63) is 0 Å². The number of hydrogen-bond donors (Lipinski definition) is 2. The van der Waals surface area contributed by atoms with E-state index in [1.54, 1.807) is 0 Å². The molecule has 8 heteroatoms. The Labute approximate surface area is 203 Å². The van der Waals surface area contributed by atoms with Crippen LogP contribution in [0.15, 0.2) is 0 Å². The molecule has 1 saturated heterocycles. The van der Waals surface area contributed by atoms with Crippen LogP contribution in [0.4, 0.5) is 0 Å². The molecule has 6 aliphatic rings. The molecule has 4 bridgehead atoms. The highest BCUT2D eigenvalue weighted by molar-refractivity contribution is 5.84. The number of carbonyl (C=O) groups excluding carboxylic acids is 2. The molecule has 188 valence electrons. The molecule has 1 heterocycles. The lowest BCUT2D eigenvalue weighted by Crippen LogP contribution is -2.67. The molecule has 1 amide bonds. The molecular formula is C26H41N5O3. The summed E-state index contributed by atoms with van der Waals surface area (Å²) in [5, 5.41) is 12.9. The van der Waals surface area contributed by atoms with Crippen LogP contribution in [0.5, 0.6) is 0 Å². The van der Waals surface area contributed by atoms with Gasteiger partial charge in [0.25, 0.3) is 0 Å². The van der Waals surface area contributed by atoms with Gasteiger partial charge in [-0.15, -0.1) is 0 Å². The number of rotatable bonds is 7. The third kappa shape index (κ3) is 3.66. The lowest BCUT2D eigenvalue weighted by atomic mass is 9.46. The van der Waals surface area contributed by atoms with Crippen LogP contribution in [-0.2, 0) is 14.3 Å². The van der Waals surface area contributed by atoms with Crippen molar-refractivity contribution in [2.75, 3.05) is 21.1 Å². The van der Waals surface area contributed by atoms with Crippen molar-refractivity contribution in [1.29, 1.82) is 5.26 Å². The maximum absolute atomic E-state index is 13.7. The number of fused-ring (bicyclic) bond motifs is 1.